The minimum atomic E-state index is -3.38. The molecule has 0 aliphatic heterocycles. The second-order valence-corrected chi connectivity index (χ2v) is 6.44. The van der Waals surface area contributed by atoms with Crippen molar-refractivity contribution >= 4 is 43.2 Å². The maximum absolute atomic E-state index is 11.7. The van der Waals surface area contributed by atoms with Gasteiger partial charge < -0.3 is 4.74 Å². The molecule has 0 saturated carbocycles. The van der Waals surface area contributed by atoms with E-state index in [0.29, 0.717) is 23.7 Å². The Kier molecular flexibility index (Phi) is 5.55. The summed E-state index contributed by atoms with van der Waals surface area (Å²) in [5.41, 5.74) is 0.413. The van der Waals surface area contributed by atoms with Crippen molar-refractivity contribution in [2.24, 2.45) is 0 Å². The molecule has 7 heteroatoms. The van der Waals surface area contributed by atoms with Crippen LogP contribution in [-0.4, -0.2) is 27.2 Å². The molecule has 0 saturated heterocycles. The first-order valence-corrected chi connectivity index (χ1v) is 7.86. The monoisotopic (exact) mass is 341 g/mol. The van der Waals surface area contributed by atoms with Gasteiger partial charge in [-0.2, -0.15) is 0 Å². The Balaban J connectivity index is 2.90. The van der Waals surface area contributed by atoms with Crippen LogP contribution in [-0.2, 0) is 10.0 Å². The number of hydrogen-bond acceptors (Lipinski definition) is 3. The van der Waals surface area contributed by atoms with Crippen molar-refractivity contribution in [2.45, 2.75) is 6.42 Å². The second-order valence-electron chi connectivity index (χ2n) is 3.31. The van der Waals surface area contributed by atoms with Gasteiger partial charge in [0, 0.05) is 10.4 Å². The molecule has 96 valence electrons. The topological polar surface area (TPSA) is 55.4 Å². The average Bonchev–Trinajstić information content (AvgIpc) is 2.26. The quantitative estimate of drug-likeness (QED) is 0.809. The highest BCUT2D eigenvalue weighted by Gasteiger charge is 2.13. The molecule has 0 heterocycles. The van der Waals surface area contributed by atoms with E-state index in [2.05, 4.69) is 20.7 Å². The second kappa shape index (κ2) is 6.47. The van der Waals surface area contributed by atoms with E-state index in [9.17, 15) is 8.42 Å². The van der Waals surface area contributed by atoms with Crippen LogP contribution in [0, 0.1) is 0 Å². The van der Waals surface area contributed by atoms with Gasteiger partial charge in [-0.1, -0.05) is 15.9 Å². The predicted octanol–water partition coefficient (Wildman–Crippen LogP) is 2.83. The highest BCUT2D eigenvalue weighted by Crippen LogP contribution is 2.28. The van der Waals surface area contributed by atoms with Crippen LogP contribution < -0.4 is 9.46 Å². The van der Waals surface area contributed by atoms with Gasteiger partial charge in [0.25, 0.3) is 0 Å². The Hall–Kier alpha value is -0.460. The van der Waals surface area contributed by atoms with Crippen LogP contribution in [0.25, 0.3) is 0 Å². The van der Waals surface area contributed by atoms with Crippen molar-refractivity contribution in [1.82, 2.24) is 0 Å². The number of halogens is 2. The zero-order chi connectivity index (χ0) is 12.9. The van der Waals surface area contributed by atoms with Crippen LogP contribution in [0.4, 0.5) is 5.69 Å². The van der Waals surface area contributed by atoms with E-state index >= 15 is 0 Å². The van der Waals surface area contributed by atoms with Crippen LogP contribution in [0.2, 0.25) is 0 Å². The number of alkyl halides is 1. The number of benzene rings is 1. The molecule has 0 atom stereocenters. The SMILES string of the molecule is COc1ccc(Br)cc1NS(=O)(=O)CCCCl. The van der Waals surface area contributed by atoms with Crippen LogP contribution in [0.1, 0.15) is 6.42 Å². The largest absolute Gasteiger partial charge is 0.495 e. The van der Waals surface area contributed by atoms with Gasteiger partial charge in [0.1, 0.15) is 5.75 Å². The normalized spacial score (nSPS) is 11.2. The number of ether oxygens (including phenoxy) is 1. The zero-order valence-corrected chi connectivity index (χ0v) is 12.4. The minimum absolute atomic E-state index is 0.00777. The molecular formula is C10H13BrClNO3S. The van der Waals surface area contributed by atoms with Gasteiger partial charge in [0.15, 0.2) is 0 Å². The smallest absolute Gasteiger partial charge is 0.232 e. The lowest BCUT2D eigenvalue weighted by Gasteiger charge is -2.11. The number of nitrogens with one attached hydrogen (secondary N) is 1. The number of methoxy groups -OCH3 is 1. The number of sulfonamides is 1. The van der Waals surface area contributed by atoms with E-state index in [1.54, 1.807) is 18.2 Å². The standard InChI is InChI=1S/C10H13BrClNO3S/c1-16-10-4-3-8(11)7-9(10)13-17(14,15)6-2-5-12/h3-4,7,13H,2,5-6H2,1H3. The Bertz CT molecular complexity index is 478. The number of rotatable bonds is 6. The summed E-state index contributed by atoms with van der Waals surface area (Å²) in [6.07, 6.45) is 0.410. The highest BCUT2D eigenvalue weighted by atomic mass is 79.9. The summed E-state index contributed by atoms with van der Waals surface area (Å²) in [5, 5.41) is 0. The Labute approximate surface area is 114 Å². The molecule has 1 N–H and O–H groups in total. The van der Waals surface area contributed by atoms with E-state index in [1.165, 1.54) is 7.11 Å². The van der Waals surface area contributed by atoms with Crippen LogP contribution >= 0.6 is 27.5 Å². The average molecular weight is 343 g/mol. The molecule has 1 rings (SSSR count). The Morgan fingerprint density at radius 1 is 1.47 bits per heavy atom. The first kappa shape index (κ1) is 14.6. The van der Waals surface area contributed by atoms with E-state index < -0.39 is 10.0 Å². The summed E-state index contributed by atoms with van der Waals surface area (Å²) in [6.45, 7) is 0. The molecule has 0 spiro atoms. The van der Waals surface area contributed by atoms with E-state index in [1.807, 2.05) is 0 Å². The third-order valence-electron chi connectivity index (χ3n) is 1.97. The summed E-state index contributed by atoms with van der Waals surface area (Å²) in [7, 11) is -1.90. The summed E-state index contributed by atoms with van der Waals surface area (Å²) in [6, 6.07) is 5.11. The van der Waals surface area contributed by atoms with E-state index in [4.69, 9.17) is 16.3 Å². The van der Waals surface area contributed by atoms with Crippen molar-refractivity contribution in [3.63, 3.8) is 0 Å². The Morgan fingerprint density at radius 2 is 2.18 bits per heavy atom. The summed E-state index contributed by atoms with van der Waals surface area (Å²) >= 11 is 8.74. The van der Waals surface area contributed by atoms with E-state index in [0.717, 1.165) is 4.47 Å². The van der Waals surface area contributed by atoms with Gasteiger partial charge in [-0.15, -0.1) is 11.6 Å². The molecule has 1 aromatic rings. The first-order valence-electron chi connectivity index (χ1n) is 4.88. The fraction of sp³-hybridized carbons (Fsp3) is 0.400. The lowest BCUT2D eigenvalue weighted by Crippen LogP contribution is -2.17. The molecular weight excluding hydrogens is 330 g/mol. The molecule has 0 aliphatic carbocycles. The lowest BCUT2D eigenvalue weighted by molar-refractivity contribution is 0.417. The molecule has 0 fully saturated rings. The van der Waals surface area contributed by atoms with Gasteiger partial charge in [-0.25, -0.2) is 8.42 Å². The molecule has 0 aliphatic rings. The summed E-state index contributed by atoms with van der Waals surface area (Å²) in [5.74, 6) is 0.783. The fourth-order valence-corrected chi connectivity index (χ4v) is 3.00. The molecule has 17 heavy (non-hydrogen) atoms. The van der Waals surface area contributed by atoms with Crippen LogP contribution in [0.5, 0.6) is 5.75 Å². The van der Waals surface area contributed by atoms with Gasteiger partial charge >= 0.3 is 0 Å². The van der Waals surface area contributed by atoms with Gasteiger partial charge in [-0.3, -0.25) is 4.72 Å². The molecule has 0 aromatic heterocycles. The lowest BCUT2D eigenvalue weighted by atomic mass is 10.3. The first-order chi connectivity index (χ1) is 7.98. The third kappa shape index (κ3) is 4.73. The van der Waals surface area contributed by atoms with Crippen LogP contribution in [0.15, 0.2) is 22.7 Å². The third-order valence-corrected chi connectivity index (χ3v) is 4.09. The number of anilines is 1. The molecule has 1 aromatic carbocycles. The molecule has 4 nitrogen and oxygen atoms in total. The van der Waals surface area contributed by atoms with Crippen molar-refractivity contribution in [2.75, 3.05) is 23.5 Å². The van der Waals surface area contributed by atoms with Gasteiger partial charge in [-0.05, 0) is 24.6 Å². The van der Waals surface area contributed by atoms with Crippen molar-refractivity contribution < 1.29 is 13.2 Å². The van der Waals surface area contributed by atoms with E-state index in [-0.39, 0.29) is 5.75 Å². The zero-order valence-electron chi connectivity index (χ0n) is 9.24. The summed E-state index contributed by atoms with van der Waals surface area (Å²) < 4.78 is 31.7. The van der Waals surface area contributed by atoms with Gasteiger partial charge in [0.2, 0.25) is 10.0 Å². The maximum Gasteiger partial charge on any atom is 0.232 e. The predicted molar refractivity (Wildman–Crippen MR) is 73.4 cm³/mol. The molecule has 0 radical (unpaired) electrons. The minimum Gasteiger partial charge on any atom is -0.495 e. The van der Waals surface area contributed by atoms with Crippen molar-refractivity contribution in [3.05, 3.63) is 22.7 Å². The molecule has 0 amide bonds. The highest BCUT2D eigenvalue weighted by molar-refractivity contribution is 9.10. The number of hydrogen-bond donors (Lipinski definition) is 1. The fourth-order valence-electron chi connectivity index (χ4n) is 1.22. The maximum atomic E-state index is 11.7. The Morgan fingerprint density at radius 3 is 2.76 bits per heavy atom. The summed E-state index contributed by atoms with van der Waals surface area (Å²) in [4.78, 5) is 0. The van der Waals surface area contributed by atoms with Crippen molar-refractivity contribution in [1.29, 1.82) is 0 Å². The van der Waals surface area contributed by atoms with Crippen LogP contribution in [0.3, 0.4) is 0 Å². The van der Waals surface area contributed by atoms with Gasteiger partial charge in [0.05, 0.1) is 18.6 Å². The van der Waals surface area contributed by atoms with Crippen molar-refractivity contribution in [3.8, 4) is 5.75 Å². The molecule has 0 bridgehead atoms. The molecule has 0 unspecified atom stereocenters.